The number of hydrogen-bond donors (Lipinski definition) is 2. The van der Waals surface area contributed by atoms with E-state index in [0.29, 0.717) is 11.1 Å². The Labute approximate surface area is 117 Å². The minimum absolute atomic E-state index is 0.142. The predicted octanol–water partition coefficient (Wildman–Crippen LogP) is 2.02. The van der Waals surface area contributed by atoms with Gasteiger partial charge in [-0.3, -0.25) is 4.79 Å². The lowest BCUT2D eigenvalue weighted by atomic mass is 10.1. The molecular formula is C16H14N2O2. The third kappa shape index (κ3) is 3.44. The highest BCUT2D eigenvalue weighted by Crippen LogP contribution is 2.11. The fourth-order valence-corrected chi connectivity index (χ4v) is 1.78. The molecule has 1 atom stereocenters. The van der Waals surface area contributed by atoms with Crippen LogP contribution >= 0.6 is 0 Å². The number of aliphatic hydroxyl groups is 1. The van der Waals surface area contributed by atoms with Crippen molar-refractivity contribution in [2.75, 3.05) is 6.54 Å². The summed E-state index contributed by atoms with van der Waals surface area (Å²) in [5, 5.41) is 21.3. The van der Waals surface area contributed by atoms with E-state index in [2.05, 4.69) is 5.32 Å². The van der Waals surface area contributed by atoms with Gasteiger partial charge in [0.2, 0.25) is 0 Å². The highest BCUT2D eigenvalue weighted by Gasteiger charge is 2.10. The summed E-state index contributed by atoms with van der Waals surface area (Å²) in [6, 6.07) is 17.5. The summed E-state index contributed by atoms with van der Waals surface area (Å²) in [5.41, 5.74) is 1.72. The van der Waals surface area contributed by atoms with Crippen LogP contribution in [0.15, 0.2) is 54.6 Å². The van der Waals surface area contributed by atoms with Gasteiger partial charge in [-0.05, 0) is 29.8 Å². The van der Waals surface area contributed by atoms with E-state index in [1.807, 2.05) is 24.3 Å². The fraction of sp³-hybridized carbons (Fsp3) is 0.125. The summed E-state index contributed by atoms with van der Waals surface area (Å²) >= 11 is 0. The SMILES string of the molecule is N#Cc1ccc(C(=O)NCC(O)c2ccccc2)cc1. The van der Waals surface area contributed by atoms with Crippen LogP contribution in [0.4, 0.5) is 0 Å². The van der Waals surface area contributed by atoms with Crippen molar-refractivity contribution in [2.45, 2.75) is 6.10 Å². The molecule has 20 heavy (non-hydrogen) atoms. The average Bonchev–Trinajstić information content (AvgIpc) is 2.53. The molecule has 4 heteroatoms. The molecule has 2 rings (SSSR count). The van der Waals surface area contributed by atoms with Crippen LogP contribution < -0.4 is 5.32 Å². The maximum atomic E-state index is 11.9. The average molecular weight is 266 g/mol. The highest BCUT2D eigenvalue weighted by atomic mass is 16.3. The summed E-state index contributed by atoms with van der Waals surface area (Å²) in [5.74, 6) is -0.274. The van der Waals surface area contributed by atoms with E-state index >= 15 is 0 Å². The van der Waals surface area contributed by atoms with Gasteiger partial charge in [0.15, 0.2) is 0 Å². The van der Waals surface area contributed by atoms with Crippen LogP contribution in [0.25, 0.3) is 0 Å². The number of carbonyl (C=O) groups is 1. The molecule has 100 valence electrons. The number of nitriles is 1. The summed E-state index contributed by atoms with van der Waals surface area (Å²) in [6.07, 6.45) is -0.737. The van der Waals surface area contributed by atoms with Crippen molar-refractivity contribution >= 4 is 5.91 Å². The Morgan fingerprint density at radius 3 is 2.40 bits per heavy atom. The van der Waals surface area contributed by atoms with Gasteiger partial charge in [0, 0.05) is 12.1 Å². The minimum Gasteiger partial charge on any atom is -0.387 e. The number of carbonyl (C=O) groups excluding carboxylic acids is 1. The van der Waals surface area contributed by atoms with E-state index in [4.69, 9.17) is 5.26 Å². The Bertz CT molecular complexity index is 615. The molecule has 0 heterocycles. The number of nitrogens with zero attached hydrogens (tertiary/aromatic N) is 1. The van der Waals surface area contributed by atoms with Crippen LogP contribution in [-0.4, -0.2) is 17.6 Å². The van der Waals surface area contributed by atoms with E-state index in [0.717, 1.165) is 5.56 Å². The van der Waals surface area contributed by atoms with Gasteiger partial charge in [-0.1, -0.05) is 30.3 Å². The summed E-state index contributed by atoms with van der Waals surface area (Å²) in [6.45, 7) is 0.142. The van der Waals surface area contributed by atoms with Gasteiger partial charge in [0.05, 0.1) is 17.7 Å². The molecule has 0 fully saturated rings. The maximum absolute atomic E-state index is 11.9. The van der Waals surface area contributed by atoms with Gasteiger partial charge in [0.1, 0.15) is 0 Å². The molecule has 1 amide bonds. The molecule has 4 nitrogen and oxygen atoms in total. The first-order valence-electron chi connectivity index (χ1n) is 6.22. The second-order valence-electron chi connectivity index (χ2n) is 4.33. The second-order valence-corrected chi connectivity index (χ2v) is 4.33. The molecule has 0 aliphatic heterocycles. The molecule has 2 N–H and O–H groups in total. The van der Waals surface area contributed by atoms with E-state index in [9.17, 15) is 9.90 Å². The van der Waals surface area contributed by atoms with Crippen LogP contribution in [0.5, 0.6) is 0 Å². The summed E-state index contributed by atoms with van der Waals surface area (Å²) in [7, 11) is 0. The van der Waals surface area contributed by atoms with Gasteiger partial charge in [-0.15, -0.1) is 0 Å². The van der Waals surface area contributed by atoms with Crippen LogP contribution in [-0.2, 0) is 0 Å². The molecule has 2 aromatic rings. The van der Waals surface area contributed by atoms with E-state index in [-0.39, 0.29) is 12.5 Å². The van der Waals surface area contributed by atoms with Gasteiger partial charge in [-0.25, -0.2) is 0 Å². The first kappa shape index (κ1) is 13.8. The van der Waals surface area contributed by atoms with E-state index < -0.39 is 6.10 Å². The molecule has 0 bridgehead atoms. The zero-order valence-corrected chi connectivity index (χ0v) is 10.8. The van der Waals surface area contributed by atoms with Crippen molar-refractivity contribution in [1.29, 1.82) is 5.26 Å². The fourth-order valence-electron chi connectivity index (χ4n) is 1.78. The molecule has 0 saturated heterocycles. The Balaban J connectivity index is 1.93. The van der Waals surface area contributed by atoms with Crippen molar-refractivity contribution in [1.82, 2.24) is 5.32 Å². The Morgan fingerprint density at radius 2 is 1.80 bits per heavy atom. The van der Waals surface area contributed by atoms with Crippen molar-refractivity contribution in [2.24, 2.45) is 0 Å². The van der Waals surface area contributed by atoms with Gasteiger partial charge >= 0.3 is 0 Å². The second kappa shape index (κ2) is 6.50. The quantitative estimate of drug-likeness (QED) is 0.889. The lowest BCUT2D eigenvalue weighted by Crippen LogP contribution is -2.28. The molecule has 2 aromatic carbocycles. The molecular weight excluding hydrogens is 252 g/mol. The predicted molar refractivity (Wildman–Crippen MR) is 74.9 cm³/mol. The minimum atomic E-state index is -0.737. The normalized spacial score (nSPS) is 11.4. The number of aliphatic hydroxyl groups excluding tert-OH is 1. The number of amides is 1. The largest absolute Gasteiger partial charge is 0.387 e. The first-order chi connectivity index (χ1) is 9.70. The zero-order valence-electron chi connectivity index (χ0n) is 10.8. The van der Waals surface area contributed by atoms with Crippen molar-refractivity contribution in [3.8, 4) is 6.07 Å². The van der Waals surface area contributed by atoms with E-state index in [1.165, 1.54) is 0 Å². The highest BCUT2D eigenvalue weighted by molar-refractivity contribution is 5.94. The monoisotopic (exact) mass is 266 g/mol. The Kier molecular flexibility index (Phi) is 4.48. The number of rotatable bonds is 4. The molecule has 0 aliphatic rings. The third-order valence-electron chi connectivity index (χ3n) is 2.92. The number of hydrogen-bond acceptors (Lipinski definition) is 3. The number of benzene rings is 2. The molecule has 0 saturated carbocycles. The molecule has 0 aromatic heterocycles. The molecule has 0 aliphatic carbocycles. The van der Waals surface area contributed by atoms with Crippen molar-refractivity contribution in [3.05, 3.63) is 71.3 Å². The van der Waals surface area contributed by atoms with Crippen LogP contribution in [0.2, 0.25) is 0 Å². The van der Waals surface area contributed by atoms with Crippen molar-refractivity contribution < 1.29 is 9.90 Å². The molecule has 0 radical (unpaired) electrons. The Hall–Kier alpha value is -2.64. The smallest absolute Gasteiger partial charge is 0.251 e. The summed E-state index contributed by atoms with van der Waals surface area (Å²) in [4.78, 5) is 11.9. The van der Waals surface area contributed by atoms with Gasteiger partial charge in [-0.2, -0.15) is 5.26 Å². The van der Waals surface area contributed by atoms with Crippen LogP contribution in [0.3, 0.4) is 0 Å². The molecule has 0 spiro atoms. The Morgan fingerprint density at radius 1 is 1.15 bits per heavy atom. The van der Waals surface area contributed by atoms with Gasteiger partial charge in [0.25, 0.3) is 5.91 Å². The third-order valence-corrected chi connectivity index (χ3v) is 2.92. The zero-order chi connectivity index (χ0) is 14.4. The lowest BCUT2D eigenvalue weighted by Gasteiger charge is -2.12. The van der Waals surface area contributed by atoms with Gasteiger partial charge < -0.3 is 10.4 Å². The lowest BCUT2D eigenvalue weighted by molar-refractivity contribution is 0.0916. The topological polar surface area (TPSA) is 73.1 Å². The standard InChI is InChI=1S/C16H14N2O2/c17-10-12-6-8-14(9-7-12)16(20)18-11-15(19)13-4-2-1-3-5-13/h1-9,15,19H,11H2,(H,18,20). The van der Waals surface area contributed by atoms with E-state index in [1.54, 1.807) is 36.4 Å². The maximum Gasteiger partial charge on any atom is 0.251 e. The van der Waals surface area contributed by atoms with Crippen molar-refractivity contribution in [3.63, 3.8) is 0 Å². The first-order valence-corrected chi connectivity index (χ1v) is 6.22. The van der Waals surface area contributed by atoms with Crippen LogP contribution in [0, 0.1) is 11.3 Å². The van der Waals surface area contributed by atoms with Crippen LogP contribution in [0.1, 0.15) is 27.6 Å². The number of nitrogens with one attached hydrogen (secondary N) is 1. The summed E-state index contributed by atoms with van der Waals surface area (Å²) < 4.78 is 0. The molecule has 1 unspecified atom stereocenters.